The molecular weight excluding hydrogens is 258 g/mol. The van der Waals surface area contributed by atoms with Crippen LogP contribution in [-0.2, 0) is 23.8 Å². The Labute approximate surface area is 109 Å². The highest BCUT2D eigenvalue weighted by Gasteiger charge is 2.17. The molecular formula is C12H16ClNO2S. The third kappa shape index (κ3) is 3.44. The van der Waals surface area contributed by atoms with Gasteiger partial charge in [0.15, 0.2) is 0 Å². The number of rotatable bonds is 5. The Hall–Kier alpha value is -0.580. The van der Waals surface area contributed by atoms with Crippen molar-refractivity contribution in [1.29, 1.82) is 0 Å². The van der Waals surface area contributed by atoms with Crippen molar-refractivity contribution in [2.45, 2.75) is 13.0 Å². The lowest BCUT2D eigenvalue weighted by Crippen LogP contribution is -2.20. The van der Waals surface area contributed by atoms with E-state index in [9.17, 15) is 4.21 Å². The van der Waals surface area contributed by atoms with Gasteiger partial charge in [-0.3, -0.25) is 4.21 Å². The average molecular weight is 274 g/mol. The quantitative estimate of drug-likeness (QED) is 0.831. The molecule has 0 bridgehead atoms. The van der Waals surface area contributed by atoms with E-state index in [4.69, 9.17) is 16.3 Å². The van der Waals surface area contributed by atoms with Gasteiger partial charge in [-0.25, -0.2) is 0 Å². The van der Waals surface area contributed by atoms with E-state index in [1.807, 2.05) is 12.1 Å². The van der Waals surface area contributed by atoms with E-state index in [1.54, 1.807) is 6.26 Å². The van der Waals surface area contributed by atoms with Crippen LogP contribution in [-0.4, -0.2) is 29.4 Å². The minimum atomic E-state index is -0.747. The van der Waals surface area contributed by atoms with E-state index in [0.717, 1.165) is 35.9 Å². The average Bonchev–Trinajstić information content (AvgIpc) is 2.71. The molecule has 1 aliphatic rings. The normalized spacial score (nSPS) is 15.4. The van der Waals surface area contributed by atoms with E-state index in [2.05, 4.69) is 5.32 Å². The molecule has 1 heterocycles. The second-order valence-corrected chi connectivity index (χ2v) is 6.10. The van der Waals surface area contributed by atoms with E-state index < -0.39 is 10.8 Å². The lowest BCUT2D eigenvalue weighted by molar-refractivity contribution is 0.352. The van der Waals surface area contributed by atoms with Crippen molar-refractivity contribution in [2.75, 3.05) is 25.2 Å². The summed E-state index contributed by atoms with van der Waals surface area (Å²) in [7, 11) is -0.747. The van der Waals surface area contributed by atoms with Crippen LogP contribution in [0.25, 0.3) is 0 Å². The second kappa shape index (κ2) is 5.85. The Bertz CT molecular complexity index is 437. The van der Waals surface area contributed by atoms with E-state index in [1.165, 1.54) is 5.56 Å². The summed E-state index contributed by atoms with van der Waals surface area (Å²) in [5.41, 5.74) is 2.28. The van der Waals surface area contributed by atoms with Crippen LogP contribution in [0.2, 0.25) is 5.02 Å². The van der Waals surface area contributed by atoms with Crippen LogP contribution in [0.4, 0.5) is 0 Å². The van der Waals surface area contributed by atoms with E-state index >= 15 is 0 Å². The Balaban J connectivity index is 1.98. The first-order chi connectivity index (χ1) is 8.16. The van der Waals surface area contributed by atoms with Gasteiger partial charge < -0.3 is 10.1 Å². The number of hydrogen-bond acceptors (Lipinski definition) is 3. The molecule has 1 aromatic rings. The van der Waals surface area contributed by atoms with Gasteiger partial charge in [-0.2, -0.15) is 0 Å². The van der Waals surface area contributed by atoms with Crippen LogP contribution in [0.3, 0.4) is 0 Å². The largest absolute Gasteiger partial charge is 0.493 e. The molecule has 0 amide bonds. The molecule has 1 N–H and O–H groups in total. The minimum Gasteiger partial charge on any atom is -0.493 e. The maximum Gasteiger partial charge on any atom is 0.127 e. The van der Waals surface area contributed by atoms with Gasteiger partial charge in [0.05, 0.1) is 6.61 Å². The fraction of sp³-hybridized carbons (Fsp3) is 0.500. The summed E-state index contributed by atoms with van der Waals surface area (Å²) >= 11 is 6.06. The SMILES string of the molecule is CS(=O)CCNCc1cc(Cl)cc2c1OCC2. The Morgan fingerprint density at radius 3 is 3.12 bits per heavy atom. The molecule has 0 radical (unpaired) electrons. The van der Waals surface area contributed by atoms with Crippen molar-refractivity contribution in [2.24, 2.45) is 0 Å². The Morgan fingerprint density at radius 2 is 2.35 bits per heavy atom. The fourth-order valence-electron chi connectivity index (χ4n) is 1.92. The number of hydrogen-bond donors (Lipinski definition) is 1. The van der Waals surface area contributed by atoms with Crippen molar-refractivity contribution in [1.82, 2.24) is 5.32 Å². The zero-order chi connectivity index (χ0) is 12.3. The van der Waals surface area contributed by atoms with Gasteiger partial charge >= 0.3 is 0 Å². The molecule has 0 saturated heterocycles. The monoisotopic (exact) mass is 273 g/mol. The molecule has 0 aliphatic carbocycles. The molecule has 3 nitrogen and oxygen atoms in total. The third-order valence-electron chi connectivity index (χ3n) is 2.71. The molecule has 17 heavy (non-hydrogen) atoms. The minimum absolute atomic E-state index is 0.670. The molecule has 94 valence electrons. The zero-order valence-corrected chi connectivity index (χ0v) is 11.4. The Kier molecular flexibility index (Phi) is 4.42. The highest BCUT2D eigenvalue weighted by molar-refractivity contribution is 7.84. The van der Waals surface area contributed by atoms with Crippen LogP contribution in [0.5, 0.6) is 5.75 Å². The van der Waals surface area contributed by atoms with Gasteiger partial charge in [0.1, 0.15) is 5.75 Å². The summed E-state index contributed by atoms with van der Waals surface area (Å²) in [5.74, 6) is 1.64. The lowest BCUT2D eigenvalue weighted by Gasteiger charge is -2.09. The van der Waals surface area contributed by atoms with Crippen molar-refractivity contribution < 1.29 is 8.95 Å². The molecule has 5 heteroatoms. The molecule has 2 rings (SSSR count). The van der Waals surface area contributed by atoms with Gasteiger partial charge in [-0.1, -0.05) is 11.6 Å². The fourth-order valence-corrected chi connectivity index (χ4v) is 2.61. The molecule has 0 aromatic heterocycles. The molecule has 0 saturated carbocycles. The van der Waals surface area contributed by atoms with E-state index in [0.29, 0.717) is 12.3 Å². The van der Waals surface area contributed by atoms with Crippen molar-refractivity contribution in [3.63, 3.8) is 0 Å². The van der Waals surface area contributed by atoms with Crippen molar-refractivity contribution in [3.8, 4) is 5.75 Å². The summed E-state index contributed by atoms with van der Waals surface area (Å²) < 4.78 is 16.5. The first kappa shape index (κ1) is 12.9. The molecule has 1 atom stereocenters. The topological polar surface area (TPSA) is 38.3 Å². The van der Waals surface area contributed by atoms with Crippen LogP contribution >= 0.6 is 11.6 Å². The first-order valence-corrected chi connectivity index (χ1v) is 7.72. The van der Waals surface area contributed by atoms with Crippen LogP contribution in [0.15, 0.2) is 12.1 Å². The van der Waals surface area contributed by atoms with Crippen molar-refractivity contribution in [3.05, 3.63) is 28.3 Å². The number of fused-ring (bicyclic) bond motifs is 1. The maximum absolute atomic E-state index is 10.9. The van der Waals surface area contributed by atoms with Gasteiger partial charge in [0.2, 0.25) is 0 Å². The smallest absolute Gasteiger partial charge is 0.127 e. The molecule has 0 spiro atoms. The maximum atomic E-state index is 10.9. The van der Waals surface area contributed by atoms with Crippen LogP contribution in [0, 0.1) is 0 Å². The third-order valence-corrected chi connectivity index (χ3v) is 3.70. The van der Waals surface area contributed by atoms with Crippen LogP contribution < -0.4 is 10.1 Å². The molecule has 1 aromatic carbocycles. The number of nitrogens with one attached hydrogen (secondary N) is 1. The standard InChI is InChI=1S/C12H16ClNO2S/c1-17(15)5-3-14-8-10-7-11(13)6-9-2-4-16-12(9)10/h6-7,14H,2-5,8H2,1H3. The second-order valence-electron chi connectivity index (χ2n) is 4.11. The van der Waals surface area contributed by atoms with Gasteiger partial charge in [0.25, 0.3) is 0 Å². The predicted octanol–water partition coefficient (Wildman–Crippen LogP) is 1.74. The Morgan fingerprint density at radius 1 is 1.53 bits per heavy atom. The zero-order valence-electron chi connectivity index (χ0n) is 9.79. The highest BCUT2D eigenvalue weighted by Crippen LogP contribution is 2.32. The molecule has 0 fully saturated rings. The molecule has 1 unspecified atom stereocenters. The van der Waals surface area contributed by atoms with Gasteiger partial charge in [-0.15, -0.1) is 0 Å². The van der Waals surface area contributed by atoms with Crippen LogP contribution in [0.1, 0.15) is 11.1 Å². The summed E-state index contributed by atoms with van der Waals surface area (Å²) in [6.07, 6.45) is 2.64. The molecule has 1 aliphatic heterocycles. The van der Waals surface area contributed by atoms with Gasteiger partial charge in [0, 0.05) is 52.9 Å². The van der Waals surface area contributed by atoms with Crippen molar-refractivity contribution >= 4 is 22.4 Å². The first-order valence-electron chi connectivity index (χ1n) is 5.61. The predicted molar refractivity (Wildman–Crippen MR) is 71.3 cm³/mol. The summed E-state index contributed by atoms with van der Waals surface area (Å²) in [5, 5.41) is 4.01. The lowest BCUT2D eigenvalue weighted by atomic mass is 10.1. The van der Waals surface area contributed by atoms with E-state index in [-0.39, 0.29) is 0 Å². The summed E-state index contributed by atoms with van der Waals surface area (Å²) in [4.78, 5) is 0. The number of halogens is 1. The summed E-state index contributed by atoms with van der Waals surface area (Å²) in [6, 6.07) is 3.90. The number of ether oxygens (including phenoxy) is 1. The highest BCUT2D eigenvalue weighted by atomic mass is 35.5. The number of benzene rings is 1. The summed E-state index contributed by atoms with van der Waals surface area (Å²) in [6.45, 7) is 2.19. The van der Waals surface area contributed by atoms with Gasteiger partial charge in [-0.05, 0) is 17.7 Å².